The molecule has 0 amide bonds. The lowest BCUT2D eigenvalue weighted by Crippen LogP contribution is -2.50. The van der Waals surface area contributed by atoms with Crippen molar-refractivity contribution >= 4 is 0 Å². The van der Waals surface area contributed by atoms with Gasteiger partial charge in [-0.15, -0.1) is 0 Å². The second kappa shape index (κ2) is 7.86. The Morgan fingerprint density at radius 3 is 2.41 bits per heavy atom. The van der Waals surface area contributed by atoms with Gasteiger partial charge >= 0.3 is 0 Å². The van der Waals surface area contributed by atoms with E-state index in [0.717, 1.165) is 53.8 Å². The standard InChI is InChI=1S/C31H50O/c1-21(8-16-31-17-9-22(10-18-31)11-19-31)26-6-7-27-25-5-4-23-20-24(32)12-14-29(23,2)28(25)13-15-30(26,27)3/h4,21-22,24-28,32H,5-20H2,1-3H3/t21-,22?,24+,25+,26-,27+,28+,29+,30-,31?/m1/s1. The molecule has 7 aliphatic carbocycles. The number of hydrogen-bond donors (Lipinski definition) is 1. The van der Waals surface area contributed by atoms with E-state index in [1.807, 2.05) is 0 Å². The van der Waals surface area contributed by atoms with Crippen molar-refractivity contribution in [1.29, 1.82) is 0 Å². The molecule has 0 unspecified atom stereocenters. The molecule has 1 heteroatoms. The molecular formula is C31H50O. The summed E-state index contributed by atoms with van der Waals surface area (Å²) >= 11 is 0. The van der Waals surface area contributed by atoms with Gasteiger partial charge in [-0.3, -0.25) is 0 Å². The van der Waals surface area contributed by atoms with E-state index in [0.29, 0.717) is 10.8 Å². The lowest BCUT2D eigenvalue weighted by Gasteiger charge is -2.58. The van der Waals surface area contributed by atoms with E-state index in [1.165, 1.54) is 51.4 Å². The van der Waals surface area contributed by atoms with Crippen molar-refractivity contribution in [2.75, 3.05) is 0 Å². The monoisotopic (exact) mass is 438 g/mol. The zero-order valence-electron chi connectivity index (χ0n) is 21.4. The fraction of sp³-hybridized carbons (Fsp3) is 0.935. The fourth-order valence-electron chi connectivity index (χ4n) is 11.1. The van der Waals surface area contributed by atoms with E-state index in [9.17, 15) is 5.11 Å². The van der Waals surface area contributed by atoms with Gasteiger partial charge in [-0.1, -0.05) is 32.4 Å². The molecule has 0 heterocycles. The number of hydrogen-bond acceptors (Lipinski definition) is 1. The van der Waals surface area contributed by atoms with E-state index in [2.05, 4.69) is 26.8 Å². The van der Waals surface area contributed by atoms with Crippen molar-refractivity contribution in [3.8, 4) is 0 Å². The lowest BCUT2D eigenvalue weighted by atomic mass is 9.47. The molecule has 180 valence electrons. The molecule has 2 bridgehead atoms. The Labute approximate surface area is 198 Å². The first-order chi connectivity index (χ1) is 15.3. The van der Waals surface area contributed by atoms with Gasteiger partial charge < -0.3 is 5.11 Å². The highest BCUT2D eigenvalue weighted by Crippen LogP contribution is 2.67. The van der Waals surface area contributed by atoms with Crippen LogP contribution in [0.25, 0.3) is 0 Å². The zero-order valence-corrected chi connectivity index (χ0v) is 21.4. The third-order valence-electron chi connectivity index (χ3n) is 13.2. The van der Waals surface area contributed by atoms with Crippen molar-refractivity contribution in [2.45, 2.75) is 130 Å². The molecule has 0 aromatic rings. The van der Waals surface area contributed by atoms with Gasteiger partial charge in [0.05, 0.1) is 6.10 Å². The Bertz CT molecular complexity index is 730. The van der Waals surface area contributed by atoms with Crippen molar-refractivity contribution in [3.05, 3.63) is 11.6 Å². The molecule has 8 atom stereocenters. The van der Waals surface area contributed by atoms with Crippen LogP contribution in [0.2, 0.25) is 0 Å². The Morgan fingerprint density at radius 2 is 1.66 bits per heavy atom. The summed E-state index contributed by atoms with van der Waals surface area (Å²) in [5.74, 6) is 5.75. The van der Waals surface area contributed by atoms with Crippen molar-refractivity contribution in [2.24, 2.45) is 51.8 Å². The topological polar surface area (TPSA) is 20.2 Å². The van der Waals surface area contributed by atoms with Crippen molar-refractivity contribution in [3.63, 3.8) is 0 Å². The molecule has 0 radical (unpaired) electrons. The average molecular weight is 439 g/mol. The highest BCUT2D eigenvalue weighted by molar-refractivity contribution is 5.25. The summed E-state index contributed by atoms with van der Waals surface area (Å²) in [7, 11) is 0. The average Bonchev–Trinajstić information content (AvgIpc) is 3.16. The van der Waals surface area contributed by atoms with E-state index >= 15 is 0 Å². The van der Waals surface area contributed by atoms with Crippen molar-refractivity contribution in [1.82, 2.24) is 0 Å². The highest BCUT2D eigenvalue weighted by atomic mass is 16.3. The largest absolute Gasteiger partial charge is 0.393 e. The summed E-state index contributed by atoms with van der Waals surface area (Å²) in [5.41, 5.74) is 3.37. The Morgan fingerprint density at radius 1 is 0.906 bits per heavy atom. The maximum Gasteiger partial charge on any atom is 0.0577 e. The molecule has 7 aliphatic rings. The van der Waals surface area contributed by atoms with Crippen LogP contribution >= 0.6 is 0 Å². The normalized spacial score (nSPS) is 53.2. The van der Waals surface area contributed by atoms with Gasteiger partial charge in [0.15, 0.2) is 0 Å². The van der Waals surface area contributed by atoms with E-state index < -0.39 is 0 Å². The van der Waals surface area contributed by atoms with Crippen LogP contribution in [0.1, 0.15) is 124 Å². The van der Waals surface area contributed by atoms with Crippen LogP contribution in [-0.2, 0) is 0 Å². The minimum Gasteiger partial charge on any atom is -0.393 e. The first-order valence-corrected chi connectivity index (χ1v) is 14.7. The lowest BCUT2D eigenvalue weighted by molar-refractivity contribution is -0.0586. The second-order valence-electron chi connectivity index (χ2n) is 14.4. The number of aliphatic hydroxyl groups excluding tert-OH is 1. The van der Waals surface area contributed by atoms with Gasteiger partial charge in [-0.25, -0.2) is 0 Å². The number of rotatable bonds is 4. The maximum atomic E-state index is 10.3. The molecule has 0 aromatic heterocycles. The predicted octanol–water partition coefficient (Wildman–Crippen LogP) is 8.31. The molecule has 32 heavy (non-hydrogen) atoms. The highest BCUT2D eigenvalue weighted by Gasteiger charge is 2.59. The van der Waals surface area contributed by atoms with Gasteiger partial charge in [0.25, 0.3) is 0 Å². The van der Waals surface area contributed by atoms with Crippen LogP contribution in [0.4, 0.5) is 0 Å². The van der Waals surface area contributed by atoms with Crippen LogP contribution in [0.5, 0.6) is 0 Å². The summed E-state index contributed by atoms with van der Waals surface area (Å²) < 4.78 is 0. The summed E-state index contributed by atoms with van der Waals surface area (Å²) in [5, 5.41) is 10.3. The summed E-state index contributed by atoms with van der Waals surface area (Å²) in [6.45, 7) is 7.97. The van der Waals surface area contributed by atoms with Crippen LogP contribution in [0.3, 0.4) is 0 Å². The number of aliphatic hydroxyl groups is 1. The minimum atomic E-state index is -0.0740. The first kappa shape index (κ1) is 22.2. The molecule has 0 aliphatic heterocycles. The van der Waals surface area contributed by atoms with Gasteiger partial charge in [-0.05, 0) is 154 Å². The summed E-state index contributed by atoms with van der Waals surface area (Å²) in [4.78, 5) is 0. The van der Waals surface area contributed by atoms with Crippen molar-refractivity contribution < 1.29 is 5.11 Å². The van der Waals surface area contributed by atoms with Gasteiger partial charge in [0, 0.05) is 0 Å². The van der Waals surface area contributed by atoms with Gasteiger partial charge in [0.2, 0.25) is 0 Å². The molecule has 0 spiro atoms. The van der Waals surface area contributed by atoms with Gasteiger partial charge in [-0.2, -0.15) is 0 Å². The smallest absolute Gasteiger partial charge is 0.0577 e. The molecule has 0 saturated heterocycles. The molecule has 6 saturated carbocycles. The van der Waals surface area contributed by atoms with Crippen LogP contribution in [0, 0.1) is 51.8 Å². The first-order valence-electron chi connectivity index (χ1n) is 14.7. The quantitative estimate of drug-likeness (QED) is 0.437. The SMILES string of the molecule is C[C@H](CCC12CCC(CC1)CC2)[C@H]1CC[C@H]2[C@@H]3CC=C4C[C@@H](O)CC[C@]4(C)[C@H]3CC[C@]12C. The maximum absolute atomic E-state index is 10.3. The molecule has 1 nitrogen and oxygen atoms in total. The zero-order chi connectivity index (χ0) is 22.1. The summed E-state index contributed by atoms with van der Waals surface area (Å²) in [6, 6.07) is 0. The summed E-state index contributed by atoms with van der Waals surface area (Å²) in [6.07, 6.45) is 25.4. The third-order valence-corrected chi connectivity index (χ3v) is 13.2. The number of allylic oxidation sites excluding steroid dienone is 1. The molecule has 7 rings (SSSR count). The fourth-order valence-corrected chi connectivity index (χ4v) is 11.1. The Balaban J connectivity index is 1.15. The van der Waals surface area contributed by atoms with E-state index in [4.69, 9.17) is 0 Å². The Hall–Kier alpha value is -0.300. The van der Waals surface area contributed by atoms with Gasteiger partial charge in [0.1, 0.15) is 0 Å². The second-order valence-corrected chi connectivity index (χ2v) is 14.4. The molecule has 0 aromatic carbocycles. The van der Waals surface area contributed by atoms with E-state index in [1.54, 1.807) is 44.1 Å². The third kappa shape index (κ3) is 3.33. The van der Waals surface area contributed by atoms with Crippen LogP contribution < -0.4 is 0 Å². The molecular weight excluding hydrogens is 388 g/mol. The van der Waals surface area contributed by atoms with Crippen LogP contribution in [-0.4, -0.2) is 11.2 Å². The van der Waals surface area contributed by atoms with E-state index in [-0.39, 0.29) is 6.10 Å². The number of fused-ring (bicyclic) bond motifs is 8. The molecule has 1 N–H and O–H groups in total. The predicted molar refractivity (Wildman–Crippen MR) is 133 cm³/mol. The minimum absolute atomic E-state index is 0.0740. The Kier molecular flexibility index (Phi) is 5.45. The van der Waals surface area contributed by atoms with Crippen LogP contribution in [0.15, 0.2) is 11.6 Å². The molecule has 6 fully saturated rings.